The lowest BCUT2D eigenvalue weighted by Gasteiger charge is -2.41. The van der Waals surface area contributed by atoms with Crippen LogP contribution in [0, 0.1) is 0 Å². The number of hydrogen-bond donors (Lipinski definition) is 0. The van der Waals surface area contributed by atoms with Crippen LogP contribution in [0.4, 0.5) is 0 Å². The molecule has 8 aromatic carbocycles. The summed E-state index contributed by atoms with van der Waals surface area (Å²) in [4.78, 5) is 0. The van der Waals surface area contributed by atoms with E-state index in [1.165, 1.54) is 22.3 Å². The standard InChI is InChI=1S/C75H80O8P2/c1-69(2,3)59-39-47-35-49-41-60(70(4,5)6)43-51-37-53-45-62(72(10,11)12)46-54(38-52-44-61(71(7,8)9)42-50-36-48(40-59)63(47)78-84(79-64(49)51)80-65(50)52)66(53)81-85-82-74(55-27-19-15-20-28-55,56-29-21-16-22-30-56)67-68(77-73(13,14)76-67)75(83-85,57-31-23-17-24-32-57)58-33-25-18-26-34-58/h15-34,39-46,67-68H,35-38H2,1-14H3/t67-,68-/m1/s1. The number of benzene rings is 8. The second-order valence-corrected chi connectivity index (χ2v) is 30.6. The predicted octanol–water partition coefficient (Wildman–Crippen LogP) is 19.0. The summed E-state index contributed by atoms with van der Waals surface area (Å²) in [5.74, 6) is 2.02. The molecule has 0 aromatic heterocycles. The van der Waals surface area contributed by atoms with Gasteiger partial charge in [0, 0.05) is 25.7 Å². The highest BCUT2D eigenvalue weighted by Gasteiger charge is 2.68. The van der Waals surface area contributed by atoms with Gasteiger partial charge in [-0.15, -0.1) is 0 Å². The Hall–Kier alpha value is -6.34. The van der Waals surface area contributed by atoms with E-state index in [1.54, 1.807) is 0 Å². The Morgan fingerprint density at radius 3 is 0.871 bits per heavy atom. The van der Waals surface area contributed by atoms with E-state index in [-0.39, 0.29) is 21.7 Å². The van der Waals surface area contributed by atoms with Crippen LogP contribution in [0.3, 0.4) is 0 Å². The molecule has 0 spiro atoms. The lowest BCUT2D eigenvalue weighted by Crippen LogP contribution is -2.53. The molecule has 2 fully saturated rings. The molecule has 2 saturated heterocycles. The van der Waals surface area contributed by atoms with E-state index >= 15 is 0 Å². The van der Waals surface area contributed by atoms with Gasteiger partial charge in [0.25, 0.3) is 0 Å². The summed E-state index contributed by atoms with van der Waals surface area (Å²) in [5, 5.41) is 0. The van der Waals surface area contributed by atoms with Crippen molar-refractivity contribution in [1.82, 2.24) is 0 Å². The smallest absolute Gasteiger partial charge is 0.426 e. The SMILES string of the molecule is CC1(C)O[C@@H]2[C@@H](O1)C(c1ccccc1)(c1ccccc1)OP(Oc1c3cc(C(C)(C)C)cc1Cc1cc(C(C)(C)C)cc4c1OP1Oc5c(cc(C(C)(C)C)cc5C4)Cc4cc(C(C)(C)C)cc(c4O1)C3)OC2(c1ccccc1)c1ccccc1. The van der Waals surface area contributed by atoms with Crippen molar-refractivity contribution in [3.63, 3.8) is 0 Å². The highest BCUT2D eigenvalue weighted by atomic mass is 31.2. The van der Waals surface area contributed by atoms with Gasteiger partial charge in [0.2, 0.25) is 0 Å². The average molecular weight is 1170 g/mol. The van der Waals surface area contributed by atoms with Gasteiger partial charge in [-0.3, -0.25) is 9.05 Å². The quantitative estimate of drug-likeness (QED) is 0.153. The zero-order valence-electron chi connectivity index (χ0n) is 51.8. The van der Waals surface area contributed by atoms with E-state index < -0.39 is 46.4 Å². The van der Waals surface area contributed by atoms with E-state index in [2.05, 4.69) is 229 Å². The summed E-state index contributed by atoms with van der Waals surface area (Å²) < 4.78 is 61.3. The first-order valence-corrected chi connectivity index (χ1v) is 32.4. The largest absolute Gasteiger partial charge is 0.530 e. The lowest BCUT2D eigenvalue weighted by molar-refractivity contribution is -0.175. The van der Waals surface area contributed by atoms with Gasteiger partial charge in [0.15, 0.2) is 17.0 Å². The third-order valence-electron chi connectivity index (χ3n) is 17.8. The van der Waals surface area contributed by atoms with E-state index in [9.17, 15) is 0 Å². The summed E-state index contributed by atoms with van der Waals surface area (Å²) in [6, 6.07) is 60.6. The molecule has 8 nitrogen and oxygen atoms in total. The maximum absolute atomic E-state index is 8.12. The van der Waals surface area contributed by atoms with Crippen molar-refractivity contribution >= 4 is 17.2 Å². The summed E-state index contributed by atoms with van der Waals surface area (Å²) in [7, 11) is -4.48. The van der Waals surface area contributed by atoms with Crippen LogP contribution in [0.25, 0.3) is 0 Å². The predicted molar refractivity (Wildman–Crippen MR) is 341 cm³/mol. The maximum atomic E-state index is 8.12. The minimum Gasteiger partial charge on any atom is -0.426 e. The summed E-state index contributed by atoms with van der Waals surface area (Å²) in [6.45, 7) is 31.5. The molecule has 8 aromatic rings. The minimum absolute atomic E-state index is 0.118. The number of ether oxygens (including phenoxy) is 2. The molecule has 0 saturated carbocycles. The van der Waals surface area contributed by atoms with Crippen LogP contribution in [-0.2, 0) is 77.1 Å². The van der Waals surface area contributed by atoms with Gasteiger partial charge in [-0.25, -0.2) is 0 Å². The fourth-order valence-electron chi connectivity index (χ4n) is 13.1. The second-order valence-electron chi connectivity index (χ2n) is 28.6. The molecule has 10 heteroatoms. The Kier molecular flexibility index (Phi) is 14.2. The minimum atomic E-state index is -2.47. The van der Waals surface area contributed by atoms with E-state index in [0.29, 0.717) is 31.4 Å². The Morgan fingerprint density at radius 2 is 0.612 bits per heavy atom. The molecule has 85 heavy (non-hydrogen) atoms. The first-order chi connectivity index (χ1) is 40.3. The third-order valence-corrected chi connectivity index (χ3v) is 20.0. The van der Waals surface area contributed by atoms with Gasteiger partial charge in [0.05, 0.1) is 0 Å². The molecule has 13 rings (SSSR count). The van der Waals surface area contributed by atoms with Crippen LogP contribution in [0.1, 0.15) is 186 Å². The molecule has 5 aliphatic rings. The molecule has 6 bridgehead atoms. The monoisotopic (exact) mass is 1170 g/mol. The normalized spacial score (nSPS) is 19.7. The molecule has 0 aliphatic carbocycles. The average Bonchev–Trinajstić information content (AvgIpc) is 1.62. The second kappa shape index (κ2) is 20.9. The van der Waals surface area contributed by atoms with Crippen LogP contribution in [0.2, 0.25) is 0 Å². The van der Waals surface area contributed by atoms with Crippen LogP contribution in [0.5, 0.6) is 23.0 Å². The van der Waals surface area contributed by atoms with Gasteiger partial charge in [0.1, 0.15) is 35.2 Å². The molecule has 0 unspecified atom stereocenters. The van der Waals surface area contributed by atoms with Crippen molar-refractivity contribution in [1.29, 1.82) is 0 Å². The van der Waals surface area contributed by atoms with Gasteiger partial charge in [-0.2, -0.15) is 0 Å². The first-order valence-electron chi connectivity index (χ1n) is 30.2. The van der Waals surface area contributed by atoms with Gasteiger partial charge in [-0.05, 0) is 125 Å². The van der Waals surface area contributed by atoms with E-state index in [4.69, 9.17) is 36.6 Å². The molecular weight excluding hydrogens is 1090 g/mol. The van der Waals surface area contributed by atoms with Gasteiger partial charge in [-0.1, -0.05) is 253 Å². The van der Waals surface area contributed by atoms with Crippen LogP contribution < -0.4 is 18.1 Å². The summed E-state index contributed by atoms with van der Waals surface area (Å²) >= 11 is 0. The van der Waals surface area contributed by atoms with Crippen molar-refractivity contribution in [3.8, 4) is 23.0 Å². The van der Waals surface area contributed by atoms with Crippen molar-refractivity contribution in [2.75, 3.05) is 0 Å². The fourth-order valence-corrected chi connectivity index (χ4v) is 16.0. The van der Waals surface area contributed by atoms with Crippen molar-refractivity contribution < 1.29 is 36.6 Å². The fraction of sp³-hybridized carbons (Fsp3) is 0.360. The lowest BCUT2D eigenvalue weighted by atomic mass is 9.72. The van der Waals surface area contributed by atoms with E-state index in [0.717, 1.165) is 84.0 Å². The highest BCUT2D eigenvalue weighted by molar-refractivity contribution is 7.43. The Morgan fingerprint density at radius 1 is 0.365 bits per heavy atom. The number of hydrogen-bond acceptors (Lipinski definition) is 8. The molecular formula is C75H80O8P2. The Balaban J connectivity index is 1.12. The van der Waals surface area contributed by atoms with E-state index in [1.807, 2.05) is 38.1 Å². The zero-order valence-corrected chi connectivity index (χ0v) is 53.6. The van der Waals surface area contributed by atoms with Crippen LogP contribution >= 0.6 is 17.2 Å². The summed E-state index contributed by atoms with van der Waals surface area (Å²) in [5.41, 5.74) is 13.3. The number of rotatable bonds is 6. The molecule has 2 atom stereocenters. The van der Waals surface area contributed by atoms with Gasteiger partial charge < -0.3 is 27.6 Å². The van der Waals surface area contributed by atoms with Crippen molar-refractivity contribution in [2.24, 2.45) is 0 Å². The van der Waals surface area contributed by atoms with Crippen LogP contribution in [0.15, 0.2) is 170 Å². The highest BCUT2D eigenvalue weighted by Crippen LogP contribution is 2.66. The molecule has 0 N–H and O–H groups in total. The Bertz CT molecular complexity index is 3530. The topological polar surface area (TPSA) is 73.8 Å². The molecule has 0 amide bonds. The third kappa shape index (κ3) is 10.5. The first kappa shape index (κ1) is 57.7. The maximum Gasteiger partial charge on any atom is 0.530 e. The number of fused-ring (bicyclic) bond motifs is 3. The van der Waals surface area contributed by atoms with Gasteiger partial charge >= 0.3 is 17.2 Å². The summed E-state index contributed by atoms with van der Waals surface area (Å²) in [6.07, 6.45) is 0.542. The zero-order chi connectivity index (χ0) is 59.6. The molecule has 5 aliphatic heterocycles. The Labute approximate surface area is 506 Å². The molecule has 0 radical (unpaired) electrons. The van der Waals surface area contributed by atoms with Crippen molar-refractivity contribution in [3.05, 3.63) is 259 Å². The molecule has 5 heterocycles. The van der Waals surface area contributed by atoms with Crippen molar-refractivity contribution in [2.45, 2.75) is 173 Å². The molecule has 438 valence electrons. The van der Waals surface area contributed by atoms with Crippen LogP contribution in [-0.4, -0.2) is 18.0 Å².